The Kier molecular flexibility index (Phi) is 3.47. The average molecular weight is 228 g/mol. The van der Waals surface area contributed by atoms with E-state index < -0.39 is 17.9 Å². The molecule has 16 heavy (non-hydrogen) atoms. The van der Waals surface area contributed by atoms with E-state index in [0.29, 0.717) is 6.47 Å². The van der Waals surface area contributed by atoms with Crippen LogP contribution in [0, 0.1) is 11.3 Å². The molecule has 5 heteroatoms. The number of halogens is 1. The first-order valence-corrected chi connectivity index (χ1v) is 4.73. The van der Waals surface area contributed by atoms with Gasteiger partial charge in [0.1, 0.15) is 6.10 Å². The second-order valence-electron chi connectivity index (χ2n) is 4.09. The minimum absolute atomic E-state index is 0.310. The summed E-state index contributed by atoms with van der Waals surface area (Å²) in [5.74, 6) is -2.41. The van der Waals surface area contributed by atoms with Gasteiger partial charge in [0.05, 0.1) is 6.26 Å². The molecule has 0 saturated heterocycles. The van der Waals surface area contributed by atoms with Gasteiger partial charge in [0.25, 0.3) is 6.47 Å². The first-order chi connectivity index (χ1) is 7.45. The Balaban J connectivity index is 2.67. The largest absolute Gasteiger partial charge is 0.463 e. The van der Waals surface area contributed by atoms with Crippen LogP contribution >= 0.6 is 0 Å². The van der Waals surface area contributed by atoms with Crippen LogP contribution in [0.25, 0.3) is 0 Å². The lowest BCUT2D eigenvalue weighted by atomic mass is 10.1. The van der Waals surface area contributed by atoms with E-state index in [-0.39, 0.29) is 11.3 Å². The molecule has 2 unspecified atom stereocenters. The number of rotatable bonds is 5. The third kappa shape index (κ3) is 2.29. The van der Waals surface area contributed by atoms with Gasteiger partial charge in [0, 0.05) is 11.3 Å². The van der Waals surface area contributed by atoms with Crippen molar-refractivity contribution in [3.05, 3.63) is 24.7 Å². The molecule has 1 fully saturated rings. The van der Waals surface area contributed by atoms with Gasteiger partial charge in [0.15, 0.2) is 0 Å². The predicted octanol–water partition coefficient (Wildman–Crippen LogP) is 1.72. The second kappa shape index (κ2) is 4.47. The van der Waals surface area contributed by atoms with Gasteiger partial charge in [-0.3, -0.25) is 4.79 Å². The fourth-order valence-electron chi connectivity index (χ4n) is 1.61. The van der Waals surface area contributed by atoms with Crippen molar-refractivity contribution in [2.45, 2.75) is 20.0 Å². The van der Waals surface area contributed by atoms with Crippen molar-refractivity contribution in [1.29, 1.82) is 0 Å². The smallest absolute Gasteiger partial charge is 0.371 e. The van der Waals surface area contributed by atoms with E-state index >= 15 is 0 Å². The van der Waals surface area contributed by atoms with Crippen LogP contribution < -0.4 is 0 Å². The molecule has 0 aliphatic heterocycles. The normalized spacial score (nSPS) is 26.8. The lowest BCUT2D eigenvalue weighted by molar-refractivity contribution is -0.135. The number of carbonyl (C=O) groups excluding carboxylic acids is 2. The number of hydrogen-bond acceptors (Lipinski definition) is 4. The highest BCUT2D eigenvalue weighted by Gasteiger charge is 2.59. The summed E-state index contributed by atoms with van der Waals surface area (Å²) < 4.78 is 22.3. The molecule has 0 bridgehead atoms. The standard InChI is InChI=1S/C11H13FO4/c1-4-15-10(14)8(12)5-7-9(16-6-13)11(7,2)3/h4-7,9H,1H2,2-3H3. The number of hydrogen-bond donors (Lipinski definition) is 0. The summed E-state index contributed by atoms with van der Waals surface area (Å²) in [6.07, 6.45) is 1.57. The van der Waals surface area contributed by atoms with Gasteiger partial charge in [0.2, 0.25) is 5.83 Å². The maximum Gasteiger partial charge on any atom is 0.371 e. The average Bonchev–Trinajstić information content (AvgIpc) is 2.70. The SMILES string of the molecule is C=COC(=O)C(F)=CC1C(OC=O)C1(C)C. The van der Waals surface area contributed by atoms with Gasteiger partial charge in [-0.2, -0.15) is 4.39 Å². The monoisotopic (exact) mass is 228 g/mol. The summed E-state index contributed by atoms with van der Waals surface area (Å²) in [4.78, 5) is 21.1. The van der Waals surface area contributed by atoms with E-state index in [4.69, 9.17) is 4.74 Å². The van der Waals surface area contributed by atoms with Gasteiger partial charge in [-0.05, 0) is 6.08 Å². The summed E-state index contributed by atoms with van der Waals surface area (Å²) >= 11 is 0. The van der Waals surface area contributed by atoms with Crippen molar-refractivity contribution in [1.82, 2.24) is 0 Å². The molecule has 0 aromatic heterocycles. The first-order valence-electron chi connectivity index (χ1n) is 4.73. The minimum atomic E-state index is -1.09. The van der Waals surface area contributed by atoms with Crippen molar-refractivity contribution >= 4 is 12.4 Å². The number of esters is 1. The molecule has 0 N–H and O–H groups in total. The summed E-state index contributed by atoms with van der Waals surface area (Å²) in [7, 11) is 0. The Labute approximate surface area is 92.7 Å². The van der Waals surface area contributed by atoms with Crippen LogP contribution in [0.1, 0.15) is 13.8 Å². The topological polar surface area (TPSA) is 52.6 Å². The lowest BCUT2D eigenvalue weighted by Gasteiger charge is -1.97. The molecule has 0 amide bonds. The van der Waals surface area contributed by atoms with Crippen molar-refractivity contribution in [2.24, 2.45) is 11.3 Å². The Morgan fingerprint density at radius 3 is 2.62 bits per heavy atom. The molecule has 2 atom stereocenters. The molecular weight excluding hydrogens is 215 g/mol. The molecule has 0 radical (unpaired) electrons. The fourth-order valence-corrected chi connectivity index (χ4v) is 1.61. The summed E-state index contributed by atoms with van der Waals surface area (Å²) in [5, 5.41) is 0. The predicted molar refractivity (Wildman–Crippen MR) is 53.7 cm³/mol. The summed E-state index contributed by atoms with van der Waals surface area (Å²) in [5.41, 5.74) is -0.354. The molecule has 0 spiro atoms. The zero-order valence-corrected chi connectivity index (χ0v) is 9.10. The molecule has 0 aromatic rings. The number of carbonyl (C=O) groups is 2. The Hall–Kier alpha value is -1.65. The van der Waals surface area contributed by atoms with Crippen LogP contribution in [0.3, 0.4) is 0 Å². The van der Waals surface area contributed by atoms with Crippen molar-refractivity contribution < 1.29 is 23.5 Å². The quantitative estimate of drug-likeness (QED) is 0.311. The van der Waals surface area contributed by atoms with Crippen LogP contribution in [0.5, 0.6) is 0 Å². The zero-order valence-electron chi connectivity index (χ0n) is 9.10. The van der Waals surface area contributed by atoms with Crippen LogP contribution in [0.4, 0.5) is 4.39 Å². The highest BCUT2D eigenvalue weighted by molar-refractivity contribution is 5.86. The third-order valence-corrected chi connectivity index (χ3v) is 2.72. The van der Waals surface area contributed by atoms with E-state index in [1.807, 2.05) is 13.8 Å². The Bertz CT molecular complexity index is 346. The third-order valence-electron chi connectivity index (χ3n) is 2.72. The van der Waals surface area contributed by atoms with Crippen LogP contribution in [0.2, 0.25) is 0 Å². The van der Waals surface area contributed by atoms with Crippen LogP contribution in [-0.4, -0.2) is 18.5 Å². The van der Waals surface area contributed by atoms with Gasteiger partial charge in [-0.1, -0.05) is 20.4 Å². The van der Waals surface area contributed by atoms with E-state index in [2.05, 4.69) is 11.3 Å². The Morgan fingerprint density at radius 1 is 1.50 bits per heavy atom. The van der Waals surface area contributed by atoms with Crippen molar-refractivity contribution in [3.63, 3.8) is 0 Å². The van der Waals surface area contributed by atoms with E-state index in [1.54, 1.807) is 0 Å². The van der Waals surface area contributed by atoms with Gasteiger partial charge < -0.3 is 9.47 Å². The zero-order chi connectivity index (χ0) is 12.3. The molecule has 1 aliphatic carbocycles. The molecule has 0 aromatic carbocycles. The van der Waals surface area contributed by atoms with Crippen LogP contribution in [0.15, 0.2) is 24.7 Å². The lowest BCUT2D eigenvalue weighted by Crippen LogP contribution is -2.01. The first kappa shape index (κ1) is 12.4. The fraction of sp³-hybridized carbons (Fsp3) is 0.455. The van der Waals surface area contributed by atoms with E-state index in [0.717, 1.165) is 12.3 Å². The molecule has 4 nitrogen and oxygen atoms in total. The van der Waals surface area contributed by atoms with Crippen molar-refractivity contribution in [2.75, 3.05) is 0 Å². The van der Waals surface area contributed by atoms with Crippen LogP contribution in [-0.2, 0) is 19.1 Å². The van der Waals surface area contributed by atoms with Gasteiger partial charge in [-0.15, -0.1) is 0 Å². The summed E-state index contributed by atoms with van der Waals surface area (Å²) in [6, 6.07) is 0. The summed E-state index contributed by atoms with van der Waals surface area (Å²) in [6.45, 7) is 7.09. The van der Waals surface area contributed by atoms with Crippen molar-refractivity contribution in [3.8, 4) is 0 Å². The minimum Gasteiger partial charge on any atom is -0.463 e. The second-order valence-corrected chi connectivity index (χ2v) is 4.09. The molecule has 0 heterocycles. The van der Waals surface area contributed by atoms with Gasteiger partial charge >= 0.3 is 5.97 Å². The van der Waals surface area contributed by atoms with E-state index in [1.165, 1.54) is 0 Å². The molecule has 1 saturated carbocycles. The maximum atomic E-state index is 13.2. The van der Waals surface area contributed by atoms with Gasteiger partial charge in [-0.25, -0.2) is 4.79 Å². The molecule has 88 valence electrons. The molecular formula is C11H13FO4. The maximum absolute atomic E-state index is 13.2. The molecule has 1 aliphatic rings. The molecule has 1 rings (SSSR count). The highest BCUT2D eigenvalue weighted by atomic mass is 19.1. The highest BCUT2D eigenvalue weighted by Crippen LogP contribution is 2.55. The number of ether oxygens (including phenoxy) is 2. The van der Waals surface area contributed by atoms with E-state index in [9.17, 15) is 14.0 Å². The Morgan fingerprint density at radius 2 is 2.12 bits per heavy atom.